The fourth-order valence-electron chi connectivity index (χ4n) is 4.41. The predicted octanol–water partition coefficient (Wildman–Crippen LogP) is 0.835. The van der Waals surface area contributed by atoms with Crippen molar-refractivity contribution < 1.29 is 28.7 Å². The van der Waals surface area contributed by atoms with E-state index >= 15 is 0 Å². The molecule has 2 aliphatic rings. The zero-order valence-electron chi connectivity index (χ0n) is 17.0. The summed E-state index contributed by atoms with van der Waals surface area (Å²) in [5.74, 6) is 1.57. The Labute approximate surface area is 166 Å². The van der Waals surface area contributed by atoms with Crippen molar-refractivity contribution in [3.63, 3.8) is 0 Å². The molecule has 0 spiro atoms. The van der Waals surface area contributed by atoms with E-state index in [0.29, 0.717) is 6.54 Å². The van der Waals surface area contributed by atoms with E-state index in [9.17, 15) is 9.59 Å². The number of carbonyl (C=O) groups is 2. The molecule has 1 N–H and O–H groups in total. The first-order chi connectivity index (χ1) is 13.6. The molecule has 2 fully saturated rings. The summed E-state index contributed by atoms with van der Waals surface area (Å²) in [7, 11) is 4.73. The molecule has 28 heavy (non-hydrogen) atoms. The van der Waals surface area contributed by atoms with Gasteiger partial charge in [0.15, 0.2) is 6.54 Å². The van der Waals surface area contributed by atoms with Crippen molar-refractivity contribution in [3.05, 3.63) is 23.8 Å². The van der Waals surface area contributed by atoms with Crippen molar-refractivity contribution in [1.29, 1.82) is 0 Å². The molecule has 1 aromatic carbocycles. The number of quaternary nitrogens is 1. The number of nitrogens with one attached hydrogen (secondary N) is 1. The summed E-state index contributed by atoms with van der Waals surface area (Å²) in [5.41, 5.74) is 1.01. The second-order valence-electron chi connectivity index (χ2n) is 7.58. The summed E-state index contributed by atoms with van der Waals surface area (Å²) in [6, 6.07) is 5.77. The van der Waals surface area contributed by atoms with Crippen LogP contribution >= 0.6 is 0 Å². The second kappa shape index (κ2) is 9.28. The van der Waals surface area contributed by atoms with Gasteiger partial charge >= 0.3 is 5.97 Å². The minimum atomic E-state index is -0.130. The third-order valence-corrected chi connectivity index (χ3v) is 6.00. The molecule has 0 saturated carbocycles. The van der Waals surface area contributed by atoms with Crippen LogP contribution in [0.25, 0.3) is 0 Å². The molecule has 0 unspecified atom stereocenters. The average molecular weight is 391 g/mol. The first kappa shape index (κ1) is 20.5. The molecule has 3 rings (SSSR count). The molecular weight excluding hydrogens is 360 g/mol. The van der Waals surface area contributed by atoms with Gasteiger partial charge in [-0.25, -0.2) is 0 Å². The van der Waals surface area contributed by atoms with Gasteiger partial charge in [-0.3, -0.25) is 9.59 Å². The van der Waals surface area contributed by atoms with Crippen molar-refractivity contribution in [2.75, 3.05) is 47.5 Å². The highest BCUT2D eigenvalue weighted by Gasteiger charge is 2.35. The molecule has 2 aliphatic heterocycles. The summed E-state index contributed by atoms with van der Waals surface area (Å²) >= 11 is 0. The summed E-state index contributed by atoms with van der Waals surface area (Å²) in [5, 5.41) is 0. The first-order valence-corrected chi connectivity index (χ1v) is 10.00. The van der Waals surface area contributed by atoms with Gasteiger partial charge in [-0.05, 0) is 31.0 Å². The van der Waals surface area contributed by atoms with Gasteiger partial charge in [0.1, 0.15) is 11.5 Å². The van der Waals surface area contributed by atoms with Crippen LogP contribution in [0.1, 0.15) is 37.3 Å². The fourth-order valence-corrected chi connectivity index (χ4v) is 4.41. The number of hydrogen-bond acceptors (Lipinski definition) is 5. The Kier molecular flexibility index (Phi) is 6.78. The smallest absolute Gasteiger partial charge is 0.309 e. The van der Waals surface area contributed by atoms with Gasteiger partial charge < -0.3 is 24.0 Å². The average Bonchev–Trinajstić information content (AvgIpc) is 3.23. The molecular formula is C21H31N2O5+. The third-order valence-electron chi connectivity index (χ3n) is 6.00. The van der Waals surface area contributed by atoms with E-state index in [0.717, 1.165) is 62.4 Å². The van der Waals surface area contributed by atoms with Crippen LogP contribution in [0.15, 0.2) is 18.2 Å². The largest absolute Gasteiger partial charge is 0.497 e. The van der Waals surface area contributed by atoms with Gasteiger partial charge in [-0.1, -0.05) is 0 Å². The Morgan fingerprint density at radius 2 is 1.86 bits per heavy atom. The van der Waals surface area contributed by atoms with Crippen molar-refractivity contribution in [1.82, 2.24) is 4.90 Å². The van der Waals surface area contributed by atoms with Gasteiger partial charge in [-0.15, -0.1) is 0 Å². The number of methoxy groups -OCH3 is 3. The van der Waals surface area contributed by atoms with Crippen molar-refractivity contribution in [2.45, 2.75) is 31.7 Å². The van der Waals surface area contributed by atoms with Gasteiger partial charge in [0, 0.05) is 24.9 Å². The van der Waals surface area contributed by atoms with E-state index in [4.69, 9.17) is 14.2 Å². The Bertz CT molecular complexity index is 700. The maximum atomic E-state index is 13.1. The number of amides is 1. The molecule has 2 saturated heterocycles. The number of nitrogens with zero attached hydrogens (tertiary/aromatic N) is 1. The molecule has 0 aliphatic carbocycles. The van der Waals surface area contributed by atoms with Crippen LogP contribution in [0.5, 0.6) is 11.5 Å². The molecule has 7 heteroatoms. The normalized spacial score (nSPS) is 24.7. The monoisotopic (exact) mass is 391 g/mol. The van der Waals surface area contributed by atoms with Gasteiger partial charge in [0.25, 0.3) is 5.91 Å². The van der Waals surface area contributed by atoms with Gasteiger partial charge in [0.05, 0.1) is 46.4 Å². The fraction of sp³-hybridized carbons (Fsp3) is 0.619. The van der Waals surface area contributed by atoms with Crippen LogP contribution in [-0.4, -0.2) is 64.3 Å². The van der Waals surface area contributed by atoms with Crippen LogP contribution in [0.3, 0.4) is 0 Å². The quantitative estimate of drug-likeness (QED) is 0.728. The first-order valence-electron chi connectivity index (χ1n) is 10.00. The van der Waals surface area contributed by atoms with Gasteiger partial charge in [0.2, 0.25) is 0 Å². The van der Waals surface area contributed by atoms with Crippen LogP contribution in [0.4, 0.5) is 0 Å². The van der Waals surface area contributed by atoms with Crippen LogP contribution < -0.4 is 14.4 Å². The highest BCUT2D eigenvalue weighted by molar-refractivity contribution is 5.78. The molecule has 0 radical (unpaired) electrons. The lowest BCUT2D eigenvalue weighted by Crippen LogP contribution is -3.14. The van der Waals surface area contributed by atoms with E-state index in [1.54, 1.807) is 14.2 Å². The number of hydrogen-bond donors (Lipinski definition) is 1. The highest BCUT2D eigenvalue weighted by Crippen LogP contribution is 2.38. The number of rotatable bonds is 6. The maximum Gasteiger partial charge on any atom is 0.309 e. The molecule has 7 nitrogen and oxygen atoms in total. The summed E-state index contributed by atoms with van der Waals surface area (Å²) in [4.78, 5) is 28.0. The molecule has 1 amide bonds. The third kappa shape index (κ3) is 4.41. The standard InChI is InChI=1S/C21H30N2O5/c1-26-16-6-7-19(27-2)17(13-16)18-5-4-10-23(18)20(24)14-22-11-8-15(9-12-22)21(25)28-3/h6-7,13,15,18H,4-5,8-12,14H2,1-3H3/p+1/t18-/m0/s1. The number of ether oxygens (including phenoxy) is 3. The summed E-state index contributed by atoms with van der Waals surface area (Å²) in [6.45, 7) is 2.89. The van der Waals surface area contributed by atoms with E-state index in [1.807, 2.05) is 23.1 Å². The number of carbonyl (C=O) groups excluding carboxylic acids is 2. The van der Waals surface area contributed by atoms with Gasteiger partial charge in [-0.2, -0.15) is 0 Å². The number of likely N-dealkylation sites (tertiary alicyclic amines) is 2. The van der Waals surface area contributed by atoms with E-state index in [1.165, 1.54) is 12.0 Å². The molecule has 1 atom stereocenters. The number of esters is 1. The zero-order chi connectivity index (χ0) is 20.1. The topological polar surface area (TPSA) is 69.5 Å². The summed E-state index contributed by atoms with van der Waals surface area (Å²) in [6.07, 6.45) is 3.47. The van der Waals surface area contributed by atoms with E-state index in [2.05, 4.69) is 0 Å². The number of piperidine rings is 1. The zero-order valence-corrected chi connectivity index (χ0v) is 17.0. The van der Waals surface area contributed by atoms with Crippen molar-refractivity contribution >= 4 is 11.9 Å². The molecule has 154 valence electrons. The van der Waals surface area contributed by atoms with Crippen LogP contribution in [-0.2, 0) is 14.3 Å². The predicted molar refractivity (Wildman–Crippen MR) is 104 cm³/mol. The molecule has 0 bridgehead atoms. The molecule has 2 heterocycles. The minimum Gasteiger partial charge on any atom is -0.497 e. The van der Waals surface area contributed by atoms with Crippen molar-refractivity contribution in [3.8, 4) is 11.5 Å². The second-order valence-corrected chi connectivity index (χ2v) is 7.58. The highest BCUT2D eigenvalue weighted by atomic mass is 16.5. The van der Waals surface area contributed by atoms with E-state index < -0.39 is 0 Å². The minimum absolute atomic E-state index is 0.0181. The molecule has 0 aromatic heterocycles. The lowest BCUT2D eigenvalue weighted by molar-refractivity contribution is -0.898. The Hall–Kier alpha value is -2.28. The SMILES string of the molecule is COC(=O)C1CC[NH+](CC(=O)N2CCC[C@H]2c2cc(OC)ccc2OC)CC1. The Balaban J connectivity index is 1.65. The Morgan fingerprint density at radius 3 is 2.50 bits per heavy atom. The molecule has 1 aromatic rings. The van der Waals surface area contributed by atoms with E-state index in [-0.39, 0.29) is 23.8 Å². The van der Waals surface area contributed by atoms with Crippen LogP contribution in [0.2, 0.25) is 0 Å². The van der Waals surface area contributed by atoms with Crippen LogP contribution in [0, 0.1) is 5.92 Å². The lowest BCUT2D eigenvalue weighted by atomic mass is 9.97. The van der Waals surface area contributed by atoms with Crippen molar-refractivity contribution in [2.24, 2.45) is 5.92 Å². The Morgan fingerprint density at radius 1 is 1.11 bits per heavy atom. The maximum absolute atomic E-state index is 13.1. The lowest BCUT2D eigenvalue weighted by Gasteiger charge is -2.31. The summed E-state index contributed by atoms with van der Waals surface area (Å²) < 4.78 is 15.8. The number of benzene rings is 1.